The van der Waals surface area contributed by atoms with Crippen molar-refractivity contribution in [3.05, 3.63) is 23.8 Å². The second-order valence-electron chi connectivity index (χ2n) is 7.32. The maximum absolute atomic E-state index is 5.38. The van der Waals surface area contributed by atoms with Crippen molar-refractivity contribution < 1.29 is 9.47 Å². The number of nitrogens with one attached hydrogen (secondary N) is 2. The summed E-state index contributed by atoms with van der Waals surface area (Å²) in [5, 5.41) is 6.89. The van der Waals surface area contributed by atoms with E-state index in [1.54, 1.807) is 14.2 Å². The number of methoxy groups -OCH3 is 2. The molecular formula is C21H36N4O2. The van der Waals surface area contributed by atoms with Gasteiger partial charge >= 0.3 is 0 Å². The molecule has 0 amide bonds. The number of likely N-dealkylation sites (tertiary alicyclic amines) is 1. The lowest BCUT2D eigenvalue weighted by Crippen LogP contribution is -2.48. The first-order valence-electron chi connectivity index (χ1n) is 10.1. The van der Waals surface area contributed by atoms with Crippen LogP contribution in [0.2, 0.25) is 0 Å². The van der Waals surface area contributed by atoms with Crippen LogP contribution < -0.4 is 20.1 Å². The summed E-state index contributed by atoms with van der Waals surface area (Å²) in [6, 6.07) is 6.46. The van der Waals surface area contributed by atoms with Crippen LogP contribution in [0, 0.1) is 5.92 Å². The summed E-state index contributed by atoms with van der Waals surface area (Å²) in [5.74, 6) is 2.94. The average Bonchev–Trinajstić information content (AvgIpc) is 3.19. The van der Waals surface area contributed by atoms with Gasteiger partial charge in [-0.25, -0.2) is 4.99 Å². The fourth-order valence-corrected chi connectivity index (χ4v) is 3.55. The van der Waals surface area contributed by atoms with E-state index in [0.29, 0.717) is 18.5 Å². The van der Waals surface area contributed by atoms with Crippen molar-refractivity contribution in [2.45, 2.75) is 46.2 Å². The molecule has 27 heavy (non-hydrogen) atoms. The zero-order valence-electron chi connectivity index (χ0n) is 17.5. The van der Waals surface area contributed by atoms with Crippen molar-refractivity contribution >= 4 is 5.96 Å². The Morgan fingerprint density at radius 1 is 1.11 bits per heavy atom. The number of guanidine groups is 1. The Balaban J connectivity index is 2.00. The average molecular weight is 377 g/mol. The zero-order chi connectivity index (χ0) is 19.6. The number of aliphatic imine (C=N–C) groups is 1. The SMILES string of the molecule is CCNC(=NCc1ccc(OC)c(OC)c1)NCC(C(C)C)N1CCCC1. The molecule has 1 aliphatic rings. The van der Waals surface area contributed by atoms with Crippen molar-refractivity contribution in [3.63, 3.8) is 0 Å². The molecule has 1 aromatic carbocycles. The van der Waals surface area contributed by atoms with Crippen LogP contribution in [0.5, 0.6) is 11.5 Å². The molecule has 0 spiro atoms. The molecule has 6 nitrogen and oxygen atoms in total. The lowest BCUT2D eigenvalue weighted by atomic mass is 10.0. The molecule has 0 aromatic heterocycles. The first-order valence-corrected chi connectivity index (χ1v) is 10.1. The molecule has 0 radical (unpaired) electrons. The van der Waals surface area contributed by atoms with Gasteiger partial charge in [0.15, 0.2) is 17.5 Å². The minimum absolute atomic E-state index is 0.539. The first-order chi connectivity index (χ1) is 13.1. The number of benzene rings is 1. The molecule has 1 fully saturated rings. The van der Waals surface area contributed by atoms with Gasteiger partial charge in [-0.05, 0) is 56.5 Å². The van der Waals surface area contributed by atoms with Gasteiger partial charge in [0.25, 0.3) is 0 Å². The van der Waals surface area contributed by atoms with E-state index in [0.717, 1.165) is 36.1 Å². The Morgan fingerprint density at radius 3 is 2.41 bits per heavy atom. The van der Waals surface area contributed by atoms with Gasteiger partial charge in [0, 0.05) is 19.1 Å². The van der Waals surface area contributed by atoms with Crippen LogP contribution >= 0.6 is 0 Å². The third-order valence-corrected chi connectivity index (χ3v) is 5.07. The van der Waals surface area contributed by atoms with E-state index in [4.69, 9.17) is 14.5 Å². The van der Waals surface area contributed by atoms with Crippen molar-refractivity contribution in [2.75, 3.05) is 40.4 Å². The summed E-state index contributed by atoms with van der Waals surface area (Å²) in [7, 11) is 3.30. The Bertz CT molecular complexity index is 598. The molecule has 2 rings (SSSR count). The molecule has 0 aliphatic carbocycles. The van der Waals surface area contributed by atoms with Gasteiger partial charge in [0.05, 0.1) is 20.8 Å². The van der Waals surface area contributed by atoms with E-state index < -0.39 is 0 Å². The first kappa shape index (κ1) is 21.4. The molecule has 1 aliphatic heterocycles. The molecule has 1 atom stereocenters. The van der Waals surface area contributed by atoms with Crippen LogP contribution in [-0.2, 0) is 6.54 Å². The van der Waals surface area contributed by atoms with E-state index in [-0.39, 0.29) is 0 Å². The monoisotopic (exact) mass is 376 g/mol. The van der Waals surface area contributed by atoms with Crippen molar-refractivity contribution in [1.82, 2.24) is 15.5 Å². The number of ether oxygens (including phenoxy) is 2. The highest BCUT2D eigenvalue weighted by molar-refractivity contribution is 5.79. The zero-order valence-corrected chi connectivity index (χ0v) is 17.5. The Kier molecular flexibility index (Phi) is 8.72. The standard InChI is InChI=1S/C21H36N4O2/c1-6-22-21(24-15-18(16(2)3)25-11-7-8-12-25)23-14-17-9-10-19(26-4)20(13-17)27-5/h9-10,13,16,18H,6-8,11-12,14-15H2,1-5H3,(H2,22,23,24). The van der Waals surface area contributed by atoms with Crippen LogP contribution in [0.1, 0.15) is 39.2 Å². The Labute approximate surface area is 164 Å². The summed E-state index contributed by atoms with van der Waals surface area (Å²) in [6.07, 6.45) is 2.63. The minimum Gasteiger partial charge on any atom is -0.493 e. The molecule has 2 N–H and O–H groups in total. The van der Waals surface area contributed by atoms with Gasteiger partial charge in [-0.2, -0.15) is 0 Å². The lowest BCUT2D eigenvalue weighted by Gasteiger charge is -2.31. The Morgan fingerprint density at radius 2 is 1.81 bits per heavy atom. The quantitative estimate of drug-likeness (QED) is 0.513. The third-order valence-electron chi connectivity index (χ3n) is 5.07. The second kappa shape index (κ2) is 11.0. The van der Waals surface area contributed by atoms with Crippen LogP contribution in [-0.4, -0.2) is 57.3 Å². The van der Waals surface area contributed by atoms with Crippen LogP contribution in [0.4, 0.5) is 0 Å². The second-order valence-corrected chi connectivity index (χ2v) is 7.32. The van der Waals surface area contributed by atoms with Crippen LogP contribution in [0.3, 0.4) is 0 Å². The van der Waals surface area contributed by atoms with E-state index in [9.17, 15) is 0 Å². The van der Waals surface area contributed by atoms with Crippen LogP contribution in [0.15, 0.2) is 23.2 Å². The van der Waals surface area contributed by atoms with E-state index in [2.05, 4.69) is 36.3 Å². The van der Waals surface area contributed by atoms with Crippen molar-refractivity contribution in [1.29, 1.82) is 0 Å². The third kappa shape index (κ3) is 6.31. The molecule has 6 heteroatoms. The van der Waals surface area contributed by atoms with Gasteiger partial charge in [0.2, 0.25) is 0 Å². The van der Waals surface area contributed by atoms with Gasteiger partial charge in [0.1, 0.15) is 0 Å². The van der Waals surface area contributed by atoms with Gasteiger partial charge in [-0.15, -0.1) is 0 Å². The Hall–Kier alpha value is -1.95. The molecular weight excluding hydrogens is 340 g/mol. The van der Waals surface area contributed by atoms with E-state index >= 15 is 0 Å². The highest BCUT2D eigenvalue weighted by Crippen LogP contribution is 2.27. The summed E-state index contributed by atoms with van der Waals surface area (Å²) >= 11 is 0. The minimum atomic E-state index is 0.539. The maximum Gasteiger partial charge on any atom is 0.191 e. The fraction of sp³-hybridized carbons (Fsp3) is 0.667. The number of rotatable bonds is 9. The summed E-state index contributed by atoms with van der Waals surface area (Å²) in [5.41, 5.74) is 1.09. The van der Waals surface area contributed by atoms with Gasteiger partial charge in [-0.3, -0.25) is 4.90 Å². The van der Waals surface area contributed by atoms with E-state index in [1.165, 1.54) is 25.9 Å². The smallest absolute Gasteiger partial charge is 0.191 e. The molecule has 0 bridgehead atoms. The predicted octanol–water partition coefficient (Wildman–Crippen LogP) is 2.88. The largest absolute Gasteiger partial charge is 0.493 e. The number of hydrogen-bond acceptors (Lipinski definition) is 4. The molecule has 0 saturated carbocycles. The fourth-order valence-electron chi connectivity index (χ4n) is 3.55. The molecule has 1 unspecified atom stereocenters. The summed E-state index contributed by atoms with van der Waals surface area (Å²) < 4.78 is 10.7. The maximum atomic E-state index is 5.38. The van der Waals surface area contributed by atoms with Gasteiger partial charge < -0.3 is 20.1 Å². The van der Waals surface area contributed by atoms with Gasteiger partial charge in [-0.1, -0.05) is 19.9 Å². The predicted molar refractivity (Wildman–Crippen MR) is 112 cm³/mol. The van der Waals surface area contributed by atoms with Crippen molar-refractivity contribution in [2.24, 2.45) is 10.9 Å². The number of nitrogens with zero attached hydrogens (tertiary/aromatic N) is 2. The van der Waals surface area contributed by atoms with E-state index in [1.807, 2.05) is 18.2 Å². The van der Waals surface area contributed by atoms with Crippen molar-refractivity contribution in [3.8, 4) is 11.5 Å². The summed E-state index contributed by atoms with van der Waals surface area (Å²) in [6.45, 7) is 11.5. The molecule has 1 aromatic rings. The number of hydrogen-bond donors (Lipinski definition) is 2. The normalized spacial score (nSPS) is 16.4. The molecule has 152 valence electrons. The molecule has 1 saturated heterocycles. The van der Waals surface area contributed by atoms with Crippen LogP contribution in [0.25, 0.3) is 0 Å². The highest BCUT2D eigenvalue weighted by Gasteiger charge is 2.24. The molecule has 1 heterocycles. The lowest BCUT2D eigenvalue weighted by molar-refractivity contribution is 0.192. The topological polar surface area (TPSA) is 58.1 Å². The highest BCUT2D eigenvalue weighted by atomic mass is 16.5. The summed E-state index contributed by atoms with van der Waals surface area (Å²) in [4.78, 5) is 7.36.